The minimum Gasteiger partial charge on any atom is -0.341 e. The molecular weight excluding hydrogens is 214 g/mol. The number of likely N-dealkylation sites (tertiary alicyclic amines) is 1. The number of rotatable bonds is 2. The zero-order valence-electron chi connectivity index (χ0n) is 9.53. The van der Waals surface area contributed by atoms with E-state index in [4.69, 9.17) is 11.5 Å². The standard InChI is InChI=1S/C10H21N3O.ClH/c1-10(2,12)9(14)13-5-3-4-8(6-11)7-13;/h8H,3-7,11-12H2,1-2H3;1H. The van der Waals surface area contributed by atoms with E-state index in [0.29, 0.717) is 12.5 Å². The van der Waals surface area contributed by atoms with Gasteiger partial charge >= 0.3 is 0 Å². The van der Waals surface area contributed by atoms with Crippen molar-refractivity contribution in [3.05, 3.63) is 0 Å². The maximum absolute atomic E-state index is 11.8. The number of nitrogens with two attached hydrogens (primary N) is 2. The highest BCUT2D eigenvalue weighted by Crippen LogP contribution is 2.17. The van der Waals surface area contributed by atoms with Crippen LogP contribution in [0, 0.1) is 5.92 Å². The van der Waals surface area contributed by atoms with E-state index in [1.165, 1.54) is 0 Å². The summed E-state index contributed by atoms with van der Waals surface area (Å²) in [5.74, 6) is 0.491. The molecule has 1 amide bonds. The van der Waals surface area contributed by atoms with Gasteiger partial charge in [0.15, 0.2) is 0 Å². The van der Waals surface area contributed by atoms with Gasteiger partial charge in [0.1, 0.15) is 0 Å². The molecule has 4 N–H and O–H groups in total. The molecule has 5 heteroatoms. The van der Waals surface area contributed by atoms with E-state index in [2.05, 4.69) is 0 Å². The summed E-state index contributed by atoms with van der Waals surface area (Å²) in [7, 11) is 0. The summed E-state index contributed by atoms with van der Waals surface area (Å²) < 4.78 is 0. The highest BCUT2D eigenvalue weighted by atomic mass is 35.5. The monoisotopic (exact) mass is 235 g/mol. The first kappa shape index (κ1) is 14.7. The van der Waals surface area contributed by atoms with Crippen molar-refractivity contribution < 1.29 is 4.79 Å². The first-order valence-electron chi connectivity index (χ1n) is 5.23. The van der Waals surface area contributed by atoms with Gasteiger partial charge in [-0.25, -0.2) is 0 Å². The lowest BCUT2D eigenvalue weighted by atomic mass is 9.96. The second kappa shape index (κ2) is 5.68. The average Bonchev–Trinajstić information content (AvgIpc) is 2.15. The van der Waals surface area contributed by atoms with Crippen LogP contribution in [0.4, 0.5) is 0 Å². The van der Waals surface area contributed by atoms with Crippen LogP contribution in [-0.4, -0.2) is 36.0 Å². The van der Waals surface area contributed by atoms with E-state index < -0.39 is 5.54 Å². The molecular formula is C10H22ClN3O. The van der Waals surface area contributed by atoms with Gasteiger partial charge in [-0.15, -0.1) is 12.4 Å². The normalized spacial score (nSPS) is 22.1. The van der Waals surface area contributed by atoms with E-state index >= 15 is 0 Å². The molecule has 1 saturated heterocycles. The molecule has 0 saturated carbocycles. The largest absolute Gasteiger partial charge is 0.341 e. The van der Waals surface area contributed by atoms with Gasteiger partial charge in [-0.3, -0.25) is 4.79 Å². The lowest BCUT2D eigenvalue weighted by Gasteiger charge is -2.35. The molecule has 1 aliphatic rings. The molecule has 0 aliphatic carbocycles. The minimum absolute atomic E-state index is 0. The highest BCUT2D eigenvalue weighted by molar-refractivity contribution is 5.85. The summed E-state index contributed by atoms with van der Waals surface area (Å²) in [6.45, 7) is 5.77. The molecule has 0 aromatic carbocycles. The summed E-state index contributed by atoms with van der Waals surface area (Å²) in [6, 6.07) is 0. The molecule has 0 aromatic heterocycles. The topological polar surface area (TPSA) is 72.4 Å². The summed E-state index contributed by atoms with van der Waals surface area (Å²) in [5, 5.41) is 0. The van der Waals surface area contributed by atoms with Crippen molar-refractivity contribution in [1.29, 1.82) is 0 Å². The van der Waals surface area contributed by atoms with Gasteiger partial charge in [-0.1, -0.05) is 0 Å². The number of piperidine rings is 1. The smallest absolute Gasteiger partial charge is 0.242 e. The van der Waals surface area contributed by atoms with Crippen molar-refractivity contribution in [3.63, 3.8) is 0 Å². The molecule has 0 bridgehead atoms. The maximum Gasteiger partial charge on any atom is 0.242 e. The zero-order valence-corrected chi connectivity index (χ0v) is 10.3. The van der Waals surface area contributed by atoms with Crippen molar-refractivity contribution in [3.8, 4) is 0 Å². The Morgan fingerprint density at radius 3 is 2.60 bits per heavy atom. The van der Waals surface area contributed by atoms with E-state index in [9.17, 15) is 4.79 Å². The predicted octanol–water partition coefficient (Wildman–Crippen LogP) is 0.343. The quantitative estimate of drug-likeness (QED) is 0.725. The molecule has 1 fully saturated rings. The van der Waals surface area contributed by atoms with Gasteiger partial charge in [-0.2, -0.15) is 0 Å². The van der Waals surface area contributed by atoms with Gasteiger partial charge in [0.25, 0.3) is 0 Å². The second-order valence-corrected chi connectivity index (χ2v) is 4.72. The molecule has 1 unspecified atom stereocenters. The summed E-state index contributed by atoms with van der Waals surface area (Å²) in [5.41, 5.74) is 10.6. The van der Waals surface area contributed by atoms with Crippen LogP contribution in [0.1, 0.15) is 26.7 Å². The summed E-state index contributed by atoms with van der Waals surface area (Å²) in [6.07, 6.45) is 2.18. The fraction of sp³-hybridized carbons (Fsp3) is 0.900. The van der Waals surface area contributed by atoms with Crippen molar-refractivity contribution >= 4 is 18.3 Å². The van der Waals surface area contributed by atoms with E-state index in [1.807, 2.05) is 4.90 Å². The van der Waals surface area contributed by atoms with Crippen LogP contribution in [0.15, 0.2) is 0 Å². The van der Waals surface area contributed by atoms with Crippen molar-refractivity contribution in [2.24, 2.45) is 17.4 Å². The van der Waals surface area contributed by atoms with Crippen LogP contribution in [0.5, 0.6) is 0 Å². The Morgan fingerprint density at radius 1 is 1.53 bits per heavy atom. The molecule has 0 aromatic rings. The minimum atomic E-state index is -0.753. The SMILES string of the molecule is CC(C)(N)C(=O)N1CCCC(CN)C1.Cl. The Bertz CT molecular complexity index is 215. The first-order valence-corrected chi connectivity index (χ1v) is 5.23. The van der Waals surface area contributed by atoms with Gasteiger partial charge < -0.3 is 16.4 Å². The van der Waals surface area contributed by atoms with E-state index in [-0.39, 0.29) is 18.3 Å². The molecule has 4 nitrogen and oxygen atoms in total. The van der Waals surface area contributed by atoms with E-state index in [0.717, 1.165) is 25.9 Å². The van der Waals surface area contributed by atoms with Gasteiger partial charge in [0, 0.05) is 13.1 Å². The summed E-state index contributed by atoms with van der Waals surface area (Å²) in [4.78, 5) is 13.7. The van der Waals surface area contributed by atoms with Gasteiger partial charge in [-0.05, 0) is 39.2 Å². The Balaban J connectivity index is 0.00000196. The number of nitrogens with zero attached hydrogens (tertiary/aromatic N) is 1. The number of carbonyl (C=O) groups excluding carboxylic acids is 1. The van der Waals surface area contributed by atoms with Gasteiger partial charge in [0.2, 0.25) is 5.91 Å². The molecule has 1 heterocycles. The van der Waals surface area contributed by atoms with Crippen LogP contribution in [0.2, 0.25) is 0 Å². The number of hydrogen-bond donors (Lipinski definition) is 2. The Kier molecular flexibility index (Phi) is 5.56. The van der Waals surface area contributed by atoms with Crippen molar-refractivity contribution in [2.75, 3.05) is 19.6 Å². The van der Waals surface area contributed by atoms with Crippen LogP contribution in [0.25, 0.3) is 0 Å². The molecule has 1 atom stereocenters. The second-order valence-electron chi connectivity index (χ2n) is 4.72. The lowest BCUT2D eigenvalue weighted by molar-refractivity contribution is -0.137. The van der Waals surface area contributed by atoms with Crippen molar-refractivity contribution in [2.45, 2.75) is 32.2 Å². The number of hydrogen-bond acceptors (Lipinski definition) is 3. The van der Waals surface area contributed by atoms with Crippen molar-refractivity contribution in [1.82, 2.24) is 4.90 Å². The molecule has 15 heavy (non-hydrogen) atoms. The summed E-state index contributed by atoms with van der Waals surface area (Å²) >= 11 is 0. The number of amides is 1. The first-order chi connectivity index (χ1) is 6.45. The lowest BCUT2D eigenvalue weighted by Crippen LogP contribution is -2.54. The molecule has 1 rings (SSSR count). The van der Waals surface area contributed by atoms with E-state index in [1.54, 1.807) is 13.8 Å². The van der Waals surface area contributed by atoms with Crippen LogP contribution >= 0.6 is 12.4 Å². The Labute approximate surface area is 97.8 Å². The van der Waals surface area contributed by atoms with Crippen LogP contribution in [-0.2, 0) is 4.79 Å². The zero-order chi connectivity index (χ0) is 10.8. The maximum atomic E-state index is 11.8. The Morgan fingerprint density at radius 2 is 2.13 bits per heavy atom. The third kappa shape index (κ3) is 3.97. The highest BCUT2D eigenvalue weighted by Gasteiger charge is 2.30. The average molecular weight is 236 g/mol. The molecule has 90 valence electrons. The third-order valence-corrected chi connectivity index (χ3v) is 2.69. The van der Waals surface area contributed by atoms with Gasteiger partial charge in [0.05, 0.1) is 5.54 Å². The predicted molar refractivity (Wildman–Crippen MR) is 63.9 cm³/mol. The van der Waals surface area contributed by atoms with Crippen LogP contribution in [0.3, 0.4) is 0 Å². The molecule has 1 aliphatic heterocycles. The molecule has 0 spiro atoms. The number of halogens is 1. The third-order valence-electron chi connectivity index (χ3n) is 2.69. The fourth-order valence-corrected chi connectivity index (χ4v) is 1.85. The van der Waals surface area contributed by atoms with Crippen LogP contribution < -0.4 is 11.5 Å². The fourth-order valence-electron chi connectivity index (χ4n) is 1.85. The Hall–Kier alpha value is -0.320. The number of carbonyl (C=O) groups is 1. The molecule has 0 radical (unpaired) electrons.